The molecular formula is C27H29ClFNO3. The van der Waals surface area contributed by atoms with Gasteiger partial charge in [-0.15, -0.1) is 0 Å². The Labute approximate surface area is 199 Å². The third-order valence-corrected chi connectivity index (χ3v) is 5.62. The van der Waals surface area contributed by atoms with Crippen LogP contribution in [-0.4, -0.2) is 23.0 Å². The van der Waals surface area contributed by atoms with Crippen LogP contribution in [-0.2, 0) is 4.79 Å². The first-order valence-corrected chi connectivity index (χ1v) is 10.8. The van der Waals surface area contributed by atoms with E-state index in [1.807, 2.05) is 13.0 Å². The number of phenolic OH excluding ortho intramolecular Hbond substituents is 2. The highest BCUT2D eigenvalue weighted by atomic mass is 35.5. The van der Waals surface area contributed by atoms with E-state index in [1.165, 1.54) is 19.1 Å². The minimum absolute atomic E-state index is 0.0297. The van der Waals surface area contributed by atoms with E-state index in [9.17, 15) is 19.4 Å². The molecule has 0 saturated carbocycles. The van der Waals surface area contributed by atoms with Crippen molar-refractivity contribution >= 4 is 23.0 Å². The molecule has 0 aliphatic rings. The third kappa shape index (κ3) is 6.83. The number of rotatable bonds is 10. The number of benzene rings is 2. The Bertz CT molecular complexity index is 1110. The van der Waals surface area contributed by atoms with Crippen LogP contribution < -0.4 is 5.32 Å². The minimum atomic E-state index is -0.548. The fourth-order valence-electron chi connectivity index (χ4n) is 3.59. The highest BCUT2D eigenvalue weighted by molar-refractivity contribution is 6.31. The molecule has 1 unspecified atom stereocenters. The van der Waals surface area contributed by atoms with Gasteiger partial charge in [0, 0.05) is 47.3 Å². The average molecular weight is 470 g/mol. The standard InChI is InChI=1S/C27H29ClFNO3/c1-16(22-12-11-21(29)15-25(22)33)13-20(10-9-18(3)31)14-17(2)26(19(4)30-5)27-23(28)7-6-8-24(27)32/h6-8,11-15,26,30,32-33H,1,4,9-10H2,2-3,5H3/b17-14+,20-13-. The van der Waals surface area contributed by atoms with Crippen molar-refractivity contribution in [3.63, 3.8) is 0 Å². The molecule has 33 heavy (non-hydrogen) atoms. The summed E-state index contributed by atoms with van der Waals surface area (Å²) in [5, 5.41) is 24.1. The predicted molar refractivity (Wildman–Crippen MR) is 133 cm³/mol. The summed E-state index contributed by atoms with van der Waals surface area (Å²) in [6.45, 7) is 11.5. The van der Waals surface area contributed by atoms with Crippen LogP contribution in [0.4, 0.5) is 4.39 Å². The molecule has 0 aliphatic heterocycles. The second kappa shape index (κ2) is 11.5. The lowest BCUT2D eigenvalue weighted by Gasteiger charge is -2.23. The van der Waals surface area contributed by atoms with E-state index in [2.05, 4.69) is 18.5 Å². The summed E-state index contributed by atoms with van der Waals surface area (Å²) in [5.74, 6) is -1.12. The molecule has 0 aliphatic carbocycles. The van der Waals surface area contributed by atoms with Gasteiger partial charge in [-0.3, -0.25) is 0 Å². The zero-order valence-electron chi connectivity index (χ0n) is 19.1. The van der Waals surface area contributed by atoms with Crippen molar-refractivity contribution in [1.82, 2.24) is 5.32 Å². The van der Waals surface area contributed by atoms with Crippen LogP contribution in [0.15, 0.2) is 78.6 Å². The van der Waals surface area contributed by atoms with Gasteiger partial charge in [0.25, 0.3) is 0 Å². The number of ketones is 1. The highest BCUT2D eigenvalue weighted by Crippen LogP contribution is 2.40. The number of carbonyl (C=O) groups excluding carboxylic acids is 1. The summed E-state index contributed by atoms with van der Waals surface area (Å²) in [5.41, 5.74) is 3.62. The van der Waals surface area contributed by atoms with Crippen LogP contribution in [0.25, 0.3) is 5.57 Å². The van der Waals surface area contributed by atoms with Crippen LogP contribution in [0.5, 0.6) is 11.5 Å². The summed E-state index contributed by atoms with van der Waals surface area (Å²) >= 11 is 6.42. The van der Waals surface area contributed by atoms with E-state index >= 15 is 0 Å². The normalized spacial score (nSPS) is 12.9. The average Bonchev–Trinajstić information content (AvgIpc) is 2.73. The van der Waals surface area contributed by atoms with Crippen molar-refractivity contribution in [3.05, 3.63) is 101 Å². The monoisotopic (exact) mass is 469 g/mol. The maximum Gasteiger partial charge on any atom is 0.130 e. The van der Waals surface area contributed by atoms with Gasteiger partial charge in [-0.05, 0) is 55.7 Å². The fourth-order valence-corrected chi connectivity index (χ4v) is 3.87. The number of phenols is 2. The van der Waals surface area contributed by atoms with Gasteiger partial charge in [-0.25, -0.2) is 4.39 Å². The molecule has 3 N–H and O–H groups in total. The van der Waals surface area contributed by atoms with Crippen LogP contribution in [0, 0.1) is 5.82 Å². The molecule has 0 amide bonds. The van der Waals surface area contributed by atoms with E-state index in [1.54, 1.807) is 31.3 Å². The number of likely N-dealkylation sites (N-methyl/N-ethyl adjacent to an activating group) is 1. The number of aromatic hydroxyl groups is 2. The predicted octanol–water partition coefficient (Wildman–Crippen LogP) is 6.66. The van der Waals surface area contributed by atoms with E-state index in [0.29, 0.717) is 40.3 Å². The number of hydrogen-bond donors (Lipinski definition) is 3. The molecule has 2 aromatic carbocycles. The number of allylic oxidation sites excluding steroid dienone is 5. The molecular weight excluding hydrogens is 441 g/mol. The first-order valence-electron chi connectivity index (χ1n) is 10.4. The number of carbonyl (C=O) groups is 1. The SMILES string of the molecule is C=C(/C=C(\C=C(/C)C(C(=C)NC)c1c(O)cccc1Cl)CCC(C)=O)c1ccc(F)cc1O. The quantitative estimate of drug-likeness (QED) is 0.340. The second-order valence-corrected chi connectivity index (χ2v) is 8.28. The summed E-state index contributed by atoms with van der Waals surface area (Å²) in [6.07, 6.45) is 4.39. The van der Waals surface area contributed by atoms with Crippen molar-refractivity contribution in [2.45, 2.75) is 32.6 Å². The molecule has 1 atom stereocenters. The molecule has 6 heteroatoms. The minimum Gasteiger partial charge on any atom is -0.508 e. The second-order valence-electron chi connectivity index (χ2n) is 7.88. The van der Waals surface area contributed by atoms with Gasteiger partial charge in [-0.2, -0.15) is 0 Å². The zero-order valence-corrected chi connectivity index (χ0v) is 19.8. The largest absolute Gasteiger partial charge is 0.508 e. The molecule has 4 nitrogen and oxygen atoms in total. The van der Waals surface area contributed by atoms with Gasteiger partial charge in [-0.1, -0.05) is 48.6 Å². The fraction of sp³-hybridized carbons (Fsp3) is 0.222. The van der Waals surface area contributed by atoms with Gasteiger partial charge in [0.15, 0.2) is 0 Å². The number of hydrogen-bond acceptors (Lipinski definition) is 4. The van der Waals surface area contributed by atoms with Gasteiger partial charge in [0.2, 0.25) is 0 Å². The lowest BCUT2D eigenvalue weighted by Crippen LogP contribution is -2.15. The molecule has 0 radical (unpaired) electrons. The summed E-state index contributed by atoms with van der Waals surface area (Å²) in [4.78, 5) is 11.7. The van der Waals surface area contributed by atoms with Crippen molar-refractivity contribution in [3.8, 4) is 11.5 Å². The molecule has 0 aromatic heterocycles. The van der Waals surface area contributed by atoms with Gasteiger partial charge in [0.05, 0.1) is 0 Å². The Hall–Kier alpha value is -3.31. The Morgan fingerprint density at radius 1 is 1.12 bits per heavy atom. The molecule has 2 rings (SSSR count). The van der Waals surface area contributed by atoms with Crippen molar-refractivity contribution in [2.24, 2.45) is 0 Å². The summed E-state index contributed by atoms with van der Waals surface area (Å²) < 4.78 is 13.4. The van der Waals surface area contributed by atoms with Crippen molar-refractivity contribution in [2.75, 3.05) is 7.05 Å². The Morgan fingerprint density at radius 3 is 2.39 bits per heavy atom. The molecule has 0 saturated heterocycles. The number of Topliss-reactive ketones (excluding diaryl/α,β-unsaturated/α-hetero) is 1. The maximum absolute atomic E-state index is 13.4. The Morgan fingerprint density at radius 2 is 1.82 bits per heavy atom. The van der Waals surface area contributed by atoms with E-state index in [-0.39, 0.29) is 17.3 Å². The molecule has 0 spiro atoms. The Kier molecular flexibility index (Phi) is 9.06. The van der Waals surface area contributed by atoms with E-state index < -0.39 is 11.7 Å². The first-order chi connectivity index (χ1) is 15.5. The van der Waals surface area contributed by atoms with Crippen LogP contribution in [0.3, 0.4) is 0 Å². The van der Waals surface area contributed by atoms with Crippen LogP contribution in [0.2, 0.25) is 5.02 Å². The van der Waals surface area contributed by atoms with Crippen LogP contribution >= 0.6 is 11.6 Å². The van der Waals surface area contributed by atoms with Crippen LogP contribution in [0.1, 0.15) is 43.7 Å². The van der Waals surface area contributed by atoms with E-state index in [4.69, 9.17) is 11.6 Å². The van der Waals surface area contributed by atoms with E-state index in [0.717, 1.165) is 17.2 Å². The molecule has 0 bridgehead atoms. The van der Waals surface area contributed by atoms with Gasteiger partial charge < -0.3 is 20.3 Å². The zero-order chi connectivity index (χ0) is 24.7. The van der Waals surface area contributed by atoms with Crippen molar-refractivity contribution in [1.29, 1.82) is 0 Å². The lowest BCUT2D eigenvalue weighted by molar-refractivity contribution is -0.116. The van der Waals surface area contributed by atoms with Gasteiger partial charge in [0.1, 0.15) is 23.1 Å². The lowest BCUT2D eigenvalue weighted by atomic mass is 9.86. The Balaban J connectivity index is 2.56. The van der Waals surface area contributed by atoms with Crippen molar-refractivity contribution < 1.29 is 19.4 Å². The van der Waals surface area contributed by atoms with Gasteiger partial charge >= 0.3 is 0 Å². The smallest absolute Gasteiger partial charge is 0.130 e. The molecule has 174 valence electrons. The molecule has 0 heterocycles. The third-order valence-electron chi connectivity index (χ3n) is 5.29. The number of halogens is 2. The first kappa shape index (κ1) is 25.9. The highest BCUT2D eigenvalue weighted by Gasteiger charge is 2.23. The maximum atomic E-state index is 13.4. The summed E-state index contributed by atoms with van der Waals surface area (Å²) in [7, 11) is 1.74. The summed E-state index contributed by atoms with van der Waals surface area (Å²) in [6, 6.07) is 8.66. The molecule has 2 aromatic rings. The number of nitrogens with one attached hydrogen (secondary N) is 1. The molecule has 0 fully saturated rings. The topological polar surface area (TPSA) is 69.6 Å².